The van der Waals surface area contributed by atoms with Crippen molar-refractivity contribution in [1.82, 2.24) is 5.32 Å². The third-order valence-corrected chi connectivity index (χ3v) is 4.73. The van der Waals surface area contributed by atoms with Crippen LogP contribution in [0.3, 0.4) is 0 Å². The molecule has 5 heteroatoms. The number of aryl methyl sites for hydroxylation is 2. The number of benzene rings is 1. The van der Waals surface area contributed by atoms with Crippen molar-refractivity contribution in [3.63, 3.8) is 0 Å². The standard InChI is InChI=1S/C19H21NO4/c1-11-8-15(23-10-17(21)20-12-6-7-12)18-13-4-2-3-5-14(13)19(22)24-16(18)9-11/h8-9,12H,2-7,10H2,1H3,(H,20,21). The van der Waals surface area contributed by atoms with Crippen LogP contribution in [0.15, 0.2) is 21.3 Å². The Morgan fingerprint density at radius 1 is 1.25 bits per heavy atom. The summed E-state index contributed by atoms with van der Waals surface area (Å²) in [5, 5.41) is 3.78. The summed E-state index contributed by atoms with van der Waals surface area (Å²) in [7, 11) is 0. The highest BCUT2D eigenvalue weighted by atomic mass is 16.5. The second kappa shape index (κ2) is 5.96. The van der Waals surface area contributed by atoms with Gasteiger partial charge in [-0.2, -0.15) is 0 Å². The number of hydrogen-bond donors (Lipinski definition) is 1. The Balaban J connectivity index is 1.73. The van der Waals surface area contributed by atoms with Gasteiger partial charge in [-0.05, 0) is 68.7 Å². The summed E-state index contributed by atoms with van der Waals surface area (Å²) in [4.78, 5) is 24.1. The molecule has 24 heavy (non-hydrogen) atoms. The van der Waals surface area contributed by atoms with Crippen LogP contribution in [0, 0.1) is 6.92 Å². The summed E-state index contributed by atoms with van der Waals surface area (Å²) in [5.74, 6) is 0.538. The molecule has 4 rings (SSSR count). The molecule has 0 aliphatic heterocycles. The zero-order chi connectivity index (χ0) is 16.7. The fourth-order valence-corrected chi connectivity index (χ4v) is 3.42. The van der Waals surface area contributed by atoms with E-state index in [2.05, 4.69) is 5.32 Å². The number of nitrogens with one attached hydrogen (secondary N) is 1. The number of amides is 1. The minimum atomic E-state index is -0.236. The van der Waals surface area contributed by atoms with Gasteiger partial charge >= 0.3 is 5.63 Å². The lowest BCUT2D eigenvalue weighted by Gasteiger charge is -2.18. The summed E-state index contributed by atoms with van der Waals surface area (Å²) in [6.45, 7) is 1.92. The van der Waals surface area contributed by atoms with E-state index in [0.29, 0.717) is 17.4 Å². The van der Waals surface area contributed by atoms with E-state index in [1.807, 2.05) is 19.1 Å². The zero-order valence-electron chi connectivity index (χ0n) is 13.8. The molecule has 0 saturated heterocycles. The van der Waals surface area contributed by atoms with Crippen LogP contribution < -0.4 is 15.7 Å². The Kier molecular flexibility index (Phi) is 3.79. The number of rotatable bonds is 4. The van der Waals surface area contributed by atoms with Crippen LogP contribution in [0.2, 0.25) is 0 Å². The SMILES string of the molecule is Cc1cc(OCC(=O)NC2CC2)c2c3c(c(=O)oc2c1)CCCC3. The minimum absolute atomic E-state index is 0.0110. The van der Waals surface area contributed by atoms with Gasteiger partial charge in [0.15, 0.2) is 6.61 Å². The molecule has 1 N–H and O–H groups in total. The van der Waals surface area contributed by atoms with E-state index in [9.17, 15) is 9.59 Å². The van der Waals surface area contributed by atoms with Gasteiger partial charge < -0.3 is 14.5 Å². The highest BCUT2D eigenvalue weighted by Crippen LogP contribution is 2.34. The topological polar surface area (TPSA) is 68.5 Å². The highest BCUT2D eigenvalue weighted by molar-refractivity contribution is 5.89. The van der Waals surface area contributed by atoms with Gasteiger partial charge in [-0.25, -0.2) is 4.79 Å². The first kappa shape index (κ1) is 15.2. The average molecular weight is 327 g/mol. The highest BCUT2D eigenvalue weighted by Gasteiger charge is 2.24. The normalized spacial score (nSPS) is 16.7. The van der Waals surface area contributed by atoms with Crippen LogP contribution in [0.1, 0.15) is 42.4 Å². The van der Waals surface area contributed by atoms with Gasteiger partial charge in [0.1, 0.15) is 11.3 Å². The zero-order valence-corrected chi connectivity index (χ0v) is 13.8. The minimum Gasteiger partial charge on any atom is -0.483 e. The number of fused-ring (bicyclic) bond motifs is 3. The fourth-order valence-electron chi connectivity index (χ4n) is 3.42. The maximum Gasteiger partial charge on any atom is 0.339 e. The smallest absolute Gasteiger partial charge is 0.339 e. The number of carbonyl (C=O) groups is 1. The summed E-state index contributed by atoms with van der Waals surface area (Å²) >= 11 is 0. The van der Waals surface area contributed by atoms with Gasteiger partial charge in [0.05, 0.1) is 5.39 Å². The first-order chi connectivity index (χ1) is 11.6. The maximum absolute atomic E-state index is 12.2. The largest absolute Gasteiger partial charge is 0.483 e. The number of carbonyl (C=O) groups excluding carboxylic acids is 1. The maximum atomic E-state index is 12.2. The van der Waals surface area contributed by atoms with Crippen LogP contribution in [0.25, 0.3) is 11.0 Å². The van der Waals surface area contributed by atoms with Gasteiger partial charge in [-0.15, -0.1) is 0 Å². The molecule has 1 aromatic carbocycles. The first-order valence-electron chi connectivity index (χ1n) is 8.63. The van der Waals surface area contributed by atoms with E-state index in [-0.39, 0.29) is 18.1 Å². The number of ether oxygens (including phenoxy) is 1. The molecule has 2 aliphatic rings. The van der Waals surface area contributed by atoms with Crippen molar-refractivity contribution in [2.45, 2.75) is 51.5 Å². The molecule has 1 saturated carbocycles. The molecule has 2 aromatic rings. The Hall–Kier alpha value is -2.30. The van der Waals surface area contributed by atoms with Gasteiger partial charge in [-0.3, -0.25) is 4.79 Å². The third-order valence-electron chi connectivity index (χ3n) is 4.73. The van der Waals surface area contributed by atoms with Crippen molar-refractivity contribution >= 4 is 16.9 Å². The van der Waals surface area contributed by atoms with Crippen molar-refractivity contribution in [1.29, 1.82) is 0 Å². The van der Waals surface area contributed by atoms with Crippen LogP contribution in [0.5, 0.6) is 5.75 Å². The lowest BCUT2D eigenvalue weighted by molar-refractivity contribution is -0.123. The Morgan fingerprint density at radius 2 is 2.00 bits per heavy atom. The molecule has 1 aromatic heterocycles. The predicted octanol–water partition coefficient (Wildman–Crippen LogP) is 2.64. The van der Waals surface area contributed by atoms with Gasteiger partial charge in [0.25, 0.3) is 5.91 Å². The lowest BCUT2D eigenvalue weighted by Crippen LogP contribution is -2.30. The quantitative estimate of drug-likeness (QED) is 0.877. The molecule has 2 aliphatic carbocycles. The second-order valence-corrected chi connectivity index (χ2v) is 6.82. The van der Waals surface area contributed by atoms with Gasteiger partial charge in [0.2, 0.25) is 0 Å². The van der Waals surface area contributed by atoms with Gasteiger partial charge in [-0.1, -0.05) is 0 Å². The van der Waals surface area contributed by atoms with E-state index in [4.69, 9.17) is 9.15 Å². The predicted molar refractivity (Wildman–Crippen MR) is 90.5 cm³/mol. The molecule has 1 heterocycles. The molecule has 5 nitrogen and oxygen atoms in total. The summed E-state index contributed by atoms with van der Waals surface area (Å²) in [5.41, 5.74) is 3.06. The Bertz CT molecular complexity index is 864. The summed E-state index contributed by atoms with van der Waals surface area (Å²) < 4.78 is 11.3. The molecule has 0 bridgehead atoms. The van der Waals surface area contributed by atoms with Crippen LogP contribution in [-0.2, 0) is 17.6 Å². The summed E-state index contributed by atoms with van der Waals surface area (Å²) in [6, 6.07) is 4.10. The van der Waals surface area contributed by atoms with E-state index in [0.717, 1.165) is 60.6 Å². The number of hydrogen-bond acceptors (Lipinski definition) is 4. The van der Waals surface area contributed by atoms with E-state index in [1.165, 1.54) is 0 Å². The second-order valence-electron chi connectivity index (χ2n) is 6.82. The van der Waals surface area contributed by atoms with E-state index >= 15 is 0 Å². The van der Waals surface area contributed by atoms with E-state index in [1.54, 1.807) is 0 Å². The van der Waals surface area contributed by atoms with Gasteiger partial charge in [0, 0.05) is 11.6 Å². The molecular formula is C19H21NO4. The molecular weight excluding hydrogens is 306 g/mol. The van der Waals surface area contributed by atoms with E-state index < -0.39 is 0 Å². The van der Waals surface area contributed by atoms with Crippen molar-refractivity contribution < 1.29 is 13.9 Å². The molecule has 0 atom stereocenters. The van der Waals surface area contributed by atoms with Crippen molar-refractivity contribution in [3.05, 3.63) is 39.2 Å². The lowest BCUT2D eigenvalue weighted by atomic mass is 9.90. The Labute approximate surface area is 140 Å². The van der Waals surface area contributed by atoms with Crippen molar-refractivity contribution in [2.75, 3.05) is 6.61 Å². The summed E-state index contributed by atoms with van der Waals surface area (Å²) in [6.07, 6.45) is 5.78. The average Bonchev–Trinajstić information content (AvgIpc) is 3.36. The Morgan fingerprint density at radius 3 is 2.75 bits per heavy atom. The molecule has 1 amide bonds. The molecule has 0 spiro atoms. The van der Waals surface area contributed by atoms with Crippen molar-refractivity contribution in [3.8, 4) is 5.75 Å². The molecule has 0 unspecified atom stereocenters. The first-order valence-corrected chi connectivity index (χ1v) is 8.63. The van der Waals surface area contributed by atoms with Crippen molar-refractivity contribution in [2.24, 2.45) is 0 Å². The van der Waals surface area contributed by atoms with Crippen LogP contribution >= 0.6 is 0 Å². The van der Waals surface area contributed by atoms with Crippen LogP contribution in [0.4, 0.5) is 0 Å². The monoisotopic (exact) mass is 327 g/mol. The molecule has 1 fully saturated rings. The third kappa shape index (κ3) is 2.90. The van der Waals surface area contributed by atoms with Crippen LogP contribution in [-0.4, -0.2) is 18.6 Å². The molecule has 126 valence electrons. The molecule has 0 radical (unpaired) electrons. The fraction of sp³-hybridized carbons (Fsp3) is 0.474.